The van der Waals surface area contributed by atoms with Gasteiger partial charge in [-0.25, -0.2) is 0 Å². The number of benzene rings is 2. The molecule has 0 amide bonds. The van der Waals surface area contributed by atoms with Gasteiger partial charge in [-0.2, -0.15) is 0 Å². The number of rotatable bonds is 4. The van der Waals surface area contributed by atoms with Crippen LogP contribution in [0.2, 0.25) is 0 Å². The molecule has 0 heterocycles. The molecule has 2 aromatic carbocycles. The summed E-state index contributed by atoms with van der Waals surface area (Å²) in [7, 11) is 0. The zero-order valence-electron chi connectivity index (χ0n) is 18.9. The molecular weight excluding hydrogens is 360 g/mol. The largest absolute Gasteiger partial charge is 0.0617 e. The Morgan fingerprint density at radius 2 is 0.933 bits per heavy atom. The van der Waals surface area contributed by atoms with Crippen LogP contribution < -0.4 is 0 Å². The summed E-state index contributed by atoms with van der Waals surface area (Å²) in [6.07, 6.45) is 21.0. The van der Waals surface area contributed by atoms with Crippen molar-refractivity contribution in [2.24, 2.45) is 0 Å². The fourth-order valence-corrected chi connectivity index (χ4v) is 6.95. The van der Waals surface area contributed by atoms with Gasteiger partial charge in [-0.3, -0.25) is 0 Å². The lowest BCUT2D eigenvalue weighted by atomic mass is 9.64. The van der Waals surface area contributed by atoms with Crippen LogP contribution in [-0.4, -0.2) is 0 Å². The molecule has 3 fully saturated rings. The Labute approximate surface area is 184 Å². The molecule has 30 heavy (non-hydrogen) atoms. The van der Waals surface area contributed by atoms with Gasteiger partial charge in [0.25, 0.3) is 0 Å². The minimum Gasteiger partial charge on any atom is -0.0617 e. The van der Waals surface area contributed by atoms with E-state index in [1.54, 1.807) is 22.3 Å². The Bertz CT molecular complexity index is 750. The minimum absolute atomic E-state index is 0.244. The van der Waals surface area contributed by atoms with Gasteiger partial charge in [0, 0.05) is 5.41 Å². The maximum Gasteiger partial charge on any atom is 0.0203 e. The first kappa shape index (κ1) is 20.3. The monoisotopic (exact) mass is 400 g/mol. The van der Waals surface area contributed by atoms with Crippen molar-refractivity contribution < 1.29 is 0 Å². The molecule has 0 bridgehead atoms. The van der Waals surface area contributed by atoms with E-state index in [0.717, 1.165) is 11.8 Å². The molecule has 3 aliphatic carbocycles. The molecule has 0 N–H and O–H groups in total. The first-order valence-electron chi connectivity index (χ1n) is 13.1. The van der Waals surface area contributed by atoms with Crippen molar-refractivity contribution >= 4 is 0 Å². The van der Waals surface area contributed by atoms with Crippen molar-refractivity contribution in [2.45, 2.75) is 114 Å². The molecule has 3 saturated carbocycles. The second-order valence-corrected chi connectivity index (χ2v) is 10.6. The molecular formula is C30H40. The van der Waals surface area contributed by atoms with E-state index in [1.165, 1.54) is 96.3 Å². The van der Waals surface area contributed by atoms with E-state index in [9.17, 15) is 0 Å². The van der Waals surface area contributed by atoms with Crippen molar-refractivity contribution in [1.82, 2.24) is 0 Å². The maximum atomic E-state index is 2.63. The van der Waals surface area contributed by atoms with Crippen LogP contribution in [0.25, 0.3) is 0 Å². The Hall–Kier alpha value is -1.56. The van der Waals surface area contributed by atoms with E-state index in [0.29, 0.717) is 0 Å². The van der Waals surface area contributed by atoms with E-state index in [2.05, 4.69) is 48.5 Å². The Kier molecular flexibility index (Phi) is 6.30. The van der Waals surface area contributed by atoms with Gasteiger partial charge in [0.05, 0.1) is 0 Å². The molecule has 3 aliphatic rings. The summed E-state index contributed by atoms with van der Waals surface area (Å²) < 4.78 is 0. The number of hydrogen-bond donors (Lipinski definition) is 0. The Morgan fingerprint density at radius 1 is 0.500 bits per heavy atom. The van der Waals surface area contributed by atoms with E-state index in [4.69, 9.17) is 0 Å². The van der Waals surface area contributed by atoms with Gasteiger partial charge in [-0.05, 0) is 72.6 Å². The topological polar surface area (TPSA) is 0 Å². The van der Waals surface area contributed by atoms with Gasteiger partial charge in [-0.1, -0.05) is 106 Å². The van der Waals surface area contributed by atoms with Crippen molar-refractivity contribution in [3.63, 3.8) is 0 Å². The zero-order chi connectivity index (χ0) is 20.2. The highest BCUT2D eigenvalue weighted by atomic mass is 14.4. The van der Waals surface area contributed by atoms with E-state index >= 15 is 0 Å². The third-order valence-corrected chi connectivity index (χ3v) is 8.74. The summed E-state index contributed by atoms with van der Waals surface area (Å²) in [6, 6.07) is 19.8. The minimum atomic E-state index is 0.244. The average molecular weight is 401 g/mol. The van der Waals surface area contributed by atoms with E-state index in [-0.39, 0.29) is 5.41 Å². The quantitative estimate of drug-likeness (QED) is 0.480. The van der Waals surface area contributed by atoms with E-state index < -0.39 is 0 Å². The standard InChI is InChI=1S/C30H40/c1-4-12-24(13-5-1)26-16-10-18-28(22-26)30(20-8-3-9-21-30)29-19-11-17-27(23-29)25-14-6-2-7-15-25/h10-11,16-19,22-25H,1-9,12-15,20-21H2. The van der Waals surface area contributed by atoms with Crippen LogP contribution in [0.15, 0.2) is 48.5 Å². The summed E-state index contributed by atoms with van der Waals surface area (Å²) in [4.78, 5) is 0. The lowest BCUT2D eigenvalue weighted by Gasteiger charge is -2.40. The fraction of sp³-hybridized carbons (Fsp3) is 0.600. The lowest BCUT2D eigenvalue weighted by molar-refractivity contribution is 0.344. The normalized spacial score (nSPS) is 23.3. The molecule has 0 radical (unpaired) electrons. The molecule has 0 saturated heterocycles. The van der Waals surface area contributed by atoms with Crippen LogP contribution in [0.3, 0.4) is 0 Å². The highest BCUT2D eigenvalue weighted by molar-refractivity contribution is 5.44. The predicted octanol–water partition coefficient (Wildman–Crippen LogP) is 9.03. The van der Waals surface area contributed by atoms with Crippen LogP contribution in [0, 0.1) is 0 Å². The molecule has 0 nitrogen and oxygen atoms in total. The third kappa shape index (κ3) is 4.12. The molecule has 0 unspecified atom stereocenters. The highest BCUT2D eigenvalue weighted by Crippen LogP contribution is 2.47. The second-order valence-electron chi connectivity index (χ2n) is 10.6. The smallest absolute Gasteiger partial charge is 0.0203 e. The summed E-state index contributed by atoms with van der Waals surface area (Å²) in [5.74, 6) is 1.60. The third-order valence-electron chi connectivity index (χ3n) is 8.74. The Morgan fingerprint density at radius 3 is 1.40 bits per heavy atom. The first-order valence-corrected chi connectivity index (χ1v) is 13.1. The van der Waals surface area contributed by atoms with Crippen LogP contribution >= 0.6 is 0 Å². The van der Waals surface area contributed by atoms with Gasteiger partial charge in [0.1, 0.15) is 0 Å². The van der Waals surface area contributed by atoms with Gasteiger partial charge in [0.15, 0.2) is 0 Å². The Balaban J connectivity index is 1.51. The molecule has 160 valence electrons. The molecule has 0 spiro atoms. The van der Waals surface area contributed by atoms with Gasteiger partial charge >= 0.3 is 0 Å². The average Bonchev–Trinajstić information content (AvgIpc) is 2.86. The summed E-state index contributed by atoms with van der Waals surface area (Å²) >= 11 is 0. The van der Waals surface area contributed by atoms with Gasteiger partial charge in [-0.15, -0.1) is 0 Å². The summed E-state index contributed by atoms with van der Waals surface area (Å²) in [6.45, 7) is 0. The summed E-state index contributed by atoms with van der Waals surface area (Å²) in [5, 5.41) is 0. The van der Waals surface area contributed by atoms with Gasteiger partial charge < -0.3 is 0 Å². The molecule has 2 aromatic rings. The SMILES string of the molecule is c1cc(C2CCCCC2)cc(C2(c3cccc(C4CCCCC4)c3)CCCCC2)c1. The molecule has 5 rings (SSSR count). The second kappa shape index (κ2) is 9.29. The van der Waals surface area contributed by atoms with Crippen molar-refractivity contribution in [1.29, 1.82) is 0 Å². The van der Waals surface area contributed by atoms with Crippen LogP contribution in [0.5, 0.6) is 0 Å². The van der Waals surface area contributed by atoms with Crippen LogP contribution in [0.4, 0.5) is 0 Å². The highest BCUT2D eigenvalue weighted by Gasteiger charge is 2.36. The molecule has 0 atom stereocenters. The van der Waals surface area contributed by atoms with E-state index in [1.807, 2.05) is 0 Å². The summed E-state index contributed by atoms with van der Waals surface area (Å²) in [5.41, 5.74) is 6.73. The van der Waals surface area contributed by atoms with Crippen molar-refractivity contribution in [2.75, 3.05) is 0 Å². The molecule has 0 heteroatoms. The van der Waals surface area contributed by atoms with Crippen LogP contribution in [-0.2, 0) is 5.41 Å². The van der Waals surface area contributed by atoms with Gasteiger partial charge in [0.2, 0.25) is 0 Å². The maximum absolute atomic E-state index is 2.63. The lowest BCUT2D eigenvalue weighted by Crippen LogP contribution is -2.31. The van der Waals surface area contributed by atoms with Crippen molar-refractivity contribution in [3.05, 3.63) is 70.8 Å². The molecule has 0 aromatic heterocycles. The number of hydrogen-bond acceptors (Lipinski definition) is 0. The first-order chi connectivity index (χ1) is 14.9. The zero-order valence-corrected chi connectivity index (χ0v) is 18.9. The predicted molar refractivity (Wildman–Crippen MR) is 128 cm³/mol. The van der Waals surface area contributed by atoms with Crippen LogP contribution in [0.1, 0.15) is 130 Å². The van der Waals surface area contributed by atoms with Crippen molar-refractivity contribution in [3.8, 4) is 0 Å². The molecule has 0 aliphatic heterocycles. The fourth-order valence-electron chi connectivity index (χ4n) is 6.95.